The first-order valence-corrected chi connectivity index (χ1v) is 6.11. The van der Waals surface area contributed by atoms with Crippen molar-refractivity contribution in [2.24, 2.45) is 0 Å². The van der Waals surface area contributed by atoms with E-state index in [2.05, 4.69) is 5.10 Å². The Hall–Kier alpha value is -1.85. The largest absolute Gasteiger partial charge is 0.458 e. The van der Waals surface area contributed by atoms with E-state index < -0.39 is 11.6 Å². The molecule has 0 N–H and O–H groups in total. The van der Waals surface area contributed by atoms with Gasteiger partial charge in [-0.2, -0.15) is 5.10 Å². The highest BCUT2D eigenvalue weighted by molar-refractivity contribution is 5.91. The monoisotopic (exact) mass is 267 g/mol. The second kappa shape index (κ2) is 5.42. The van der Waals surface area contributed by atoms with Gasteiger partial charge in [0.05, 0.1) is 0 Å². The van der Waals surface area contributed by atoms with Crippen LogP contribution in [0.1, 0.15) is 44.2 Å². The van der Waals surface area contributed by atoms with Gasteiger partial charge >= 0.3 is 5.97 Å². The maximum atomic E-state index is 11.9. The Morgan fingerprint density at radius 3 is 2.42 bits per heavy atom. The first-order valence-electron chi connectivity index (χ1n) is 6.11. The average Bonchev–Trinajstić information content (AvgIpc) is 2.73. The van der Waals surface area contributed by atoms with E-state index in [1.807, 2.05) is 20.8 Å². The smallest absolute Gasteiger partial charge is 0.331 e. The van der Waals surface area contributed by atoms with Crippen molar-refractivity contribution in [1.29, 1.82) is 0 Å². The number of amides is 1. The van der Waals surface area contributed by atoms with E-state index in [1.165, 1.54) is 9.58 Å². The van der Waals surface area contributed by atoms with Gasteiger partial charge in [0.2, 0.25) is 0 Å². The lowest BCUT2D eigenvalue weighted by Gasteiger charge is -2.22. The minimum Gasteiger partial charge on any atom is -0.458 e. The molecule has 1 atom stereocenters. The molecule has 6 heteroatoms. The third-order valence-corrected chi connectivity index (χ3v) is 2.38. The van der Waals surface area contributed by atoms with E-state index >= 15 is 0 Å². The molecule has 0 fully saturated rings. The van der Waals surface area contributed by atoms with Crippen molar-refractivity contribution in [2.75, 3.05) is 14.1 Å². The van der Waals surface area contributed by atoms with E-state index in [0.29, 0.717) is 5.69 Å². The summed E-state index contributed by atoms with van der Waals surface area (Å²) >= 11 is 0. The van der Waals surface area contributed by atoms with E-state index in [1.54, 1.807) is 33.3 Å². The van der Waals surface area contributed by atoms with Crippen LogP contribution in [0.15, 0.2) is 12.3 Å². The summed E-state index contributed by atoms with van der Waals surface area (Å²) in [5.41, 5.74) is -0.235. The summed E-state index contributed by atoms with van der Waals surface area (Å²) in [6.07, 6.45) is 1.60. The number of nitrogens with zero attached hydrogens (tertiary/aromatic N) is 3. The minimum absolute atomic E-state index is 0.199. The number of carbonyl (C=O) groups excluding carboxylic acids is 2. The summed E-state index contributed by atoms with van der Waals surface area (Å²) in [7, 11) is 3.30. The molecular weight excluding hydrogens is 246 g/mol. The van der Waals surface area contributed by atoms with Gasteiger partial charge in [0.1, 0.15) is 17.3 Å². The van der Waals surface area contributed by atoms with Crippen molar-refractivity contribution in [2.45, 2.75) is 39.3 Å². The number of ether oxygens (including phenoxy) is 1. The molecule has 19 heavy (non-hydrogen) atoms. The first-order chi connectivity index (χ1) is 8.61. The lowest BCUT2D eigenvalue weighted by molar-refractivity contribution is -0.158. The zero-order valence-electron chi connectivity index (χ0n) is 12.3. The van der Waals surface area contributed by atoms with Gasteiger partial charge in [-0.3, -0.25) is 9.48 Å². The molecule has 1 heterocycles. The highest BCUT2D eigenvalue weighted by Crippen LogP contribution is 2.14. The molecular formula is C13H21N3O3. The zero-order valence-corrected chi connectivity index (χ0v) is 12.3. The van der Waals surface area contributed by atoms with Gasteiger partial charge < -0.3 is 9.64 Å². The normalized spacial score (nSPS) is 12.9. The molecule has 0 aliphatic heterocycles. The molecule has 0 radical (unpaired) electrons. The number of esters is 1. The molecule has 1 unspecified atom stereocenters. The number of carbonyl (C=O) groups is 2. The van der Waals surface area contributed by atoms with Crippen LogP contribution in [-0.4, -0.2) is 46.3 Å². The average molecular weight is 267 g/mol. The topological polar surface area (TPSA) is 64.4 Å². The maximum absolute atomic E-state index is 11.9. The van der Waals surface area contributed by atoms with E-state index in [9.17, 15) is 9.59 Å². The van der Waals surface area contributed by atoms with E-state index in [0.717, 1.165) is 0 Å². The molecule has 1 amide bonds. The molecule has 0 bridgehead atoms. The Morgan fingerprint density at radius 1 is 1.37 bits per heavy atom. The molecule has 0 aliphatic carbocycles. The third kappa shape index (κ3) is 4.08. The zero-order chi connectivity index (χ0) is 14.8. The van der Waals surface area contributed by atoms with Crippen LogP contribution in [0.5, 0.6) is 0 Å². The Balaban J connectivity index is 2.81. The number of hydrogen-bond donors (Lipinski definition) is 0. The standard InChI is InChI=1S/C13H21N3O3/c1-9(12(18)19-13(2,3)4)16-8-7-10(14-16)11(17)15(5)6/h7-9H,1-6H3. The van der Waals surface area contributed by atoms with Crippen LogP contribution in [0.3, 0.4) is 0 Å². The third-order valence-electron chi connectivity index (χ3n) is 2.38. The molecule has 0 spiro atoms. The van der Waals surface area contributed by atoms with Crippen molar-refractivity contribution in [1.82, 2.24) is 14.7 Å². The highest BCUT2D eigenvalue weighted by atomic mass is 16.6. The fraction of sp³-hybridized carbons (Fsp3) is 0.615. The van der Waals surface area contributed by atoms with Crippen molar-refractivity contribution < 1.29 is 14.3 Å². The molecule has 1 aromatic heterocycles. The summed E-state index contributed by atoms with van der Waals surface area (Å²) in [4.78, 5) is 25.0. The van der Waals surface area contributed by atoms with Gasteiger partial charge in [-0.15, -0.1) is 0 Å². The predicted molar refractivity (Wildman–Crippen MR) is 70.8 cm³/mol. The van der Waals surface area contributed by atoms with Crippen molar-refractivity contribution in [3.8, 4) is 0 Å². The molecule has 106 valence electrons. The Morgan fingerprint density at radius 2 is 1.95 bits per heavy atom. The van der Waals surface area contributed by atoms with Crippen molar-refractivity contribution >= 4 is 11.9 Å². The van der Waals surface area contributed by atoms with Crippen LogP contribution < -0.4 is 0 Å². The molecule has 1 rings (SSSR count). The minimum atomic E-state index is -0.567. The second-order valence-electron chi connectivity index (χ2n) is 5.59. The van der Waals surface area contributed by atoms with Gasteiger partial charge in [-0.25, -0.2) is 4.79 Å². The van der Waals surface area contributed by atoms with Gasteiger partial charge in [-0.05, 0) is 33.8 Å². The van der Waals surface area contributed by atoms with Crippen LogP contribution >= 0.6 is 0 Å². The molecule has 0 saturated heterocycles. The lowest BCUT2D eigenvalue weighted by Crippen LogP contribution is -2.29. The summed E-state index contributed by atoms with van der Waals surface area (Å²) in [6.45, 7) is 7.11. The maximum Gasteiger partial charge on any atom is 0.331 e. The summed E-state index contributed by atoms with van der Waals surface area (Å²) in [6, 6.07) is 1.02. The van der Waals surface area contributed by atoms with Crippen LogP contribution in [0.2, 0.25) is 0 Å². The molecule has 1 aromatic rings. The molecule has 0 aromatic carbocycles. The Labute approximate surface area is 113 Å². The molecule has 6 nitrogen and oxygen atoms in total. The quantitative estimate of drug-likeness (QED) is 0.778. The first kappa shape index (κ1) is 15.2. The van der Waals surface area contributed by atoms with Crippen molar-refractivity contribution in [3.63, 3.8) is 0 Å². The predicted octanol–water partition coefficient (Wildman–Crippen LogP) is 1.49. The van der Waals surface area contributed by atoms with Gasteiger partial charge in [0, 0.05) is 20.3 Å². The molecule has 0 aliphatic rings. The van der Waals surface area contributed by atoms with Crippen LogP contribution in [0.25, 0.3) is 0 Å². The SMILES string of the molecule is CC(C(=O)OC(C)(C)C)n1ccc(C(=O)N(C)C)n1. The highest BCUT2D eigenvalue weighted by Gasteiger charge is 2.24. The van der Waals surface area contributed by atoms with Gasteiger partial charge in [0.25, 0.3) is 5.91 Å². The number of hydrogen-bond acceptors (Lipinski definition) is 4. The number of rotatable bonds is 3. The fourth-order valence-electron chi connectivity index (χ4n) is 1.39. The molecule has 0 saturated carbocycles. The lowest BCUT2D eigenvalue weighted by atomic mass is 10.2. The van der Waals surface area contributed by atoms with Crippen molar-refractivity contribution in [3.05, 3.63) is 18.0 Å². The Kier molecular flexibility index (Phi) is 4.34. The van der Waals surface area contributed by atoms with Crippen LogP contribution in [0, 0.1) is 0 Å². The number of aromatic nitrogens is 2. The summed E-state index contributed by atoms with van der Waals surface area (Å²) < 4.78 is 6.71. The fourth-order valence-corrected chi connectivity index (χ4v) is 1.39. The van der Waals surface area contributed by atoms with E-state index in [4.69, 9.17) is 4.74 Å². The van der Waals surface area contributed by atoms with Gasteiger partial charge in [-0.1, -0.05) is 0 Å². The Bertz CT molecular complexity index is 472. The van der Waals surface area contributed by atoms with Crippen LogP contribution in [0.4, 0.5) is 0 Å². The van der Waals surface area contributed by atoms with Crippen LogP contribution in [-0.2, 0) is 9.53 Å². The van der Waals surface area contributed by atoms with E-state index in [-0.39, 0.29) is 11.9 Å². The second-order valence-corrected chi connectivity index (χ2v) is 5.59. The summed E-state index contributed by atoms with van der Waals surface area (Å²) in [5.74, 6) is -0.574. The summed E-state index contributed by atoms with van der Waals surface area (Å²) in [5, 5.41) is 4.11. The van der Waals surface area contributed by atoms with Gasteiger partial charge in [0.15, 0.2) is 0 Å².